The Kier molecular flexibility index (Phi) is 5.76. The predicted octanol–water partition coefficient (Wildman–Crippen LogP) is 3.97. The molecule has 15 heavy (non-hydrogen) atoms. The lowest BCUT2D eigenvalue weighted by molar-refractivity contribution is -0.113. The van der Waals surface area contributed by atoms with Crippen LogP contribution in [0.2, 0.25) is 0 Å². The molecule has 0 spiro atoms. The molecule has 1 aliphatic rings. The molecular formula is C14H20O. The summed E-state index contributed by atoms with van der Waals surface area (Å²) in [4.78, 5) is 11.3. The van der Waals surface area contributed by atoms with Gasteiger partial charge >= 0.3 is 0 Å². The Morgan fingerprint density at radius 3 is 2.07 bits per heavy atom. The summed E-state index contributed by atoms with van der Waals surface area (Å²) in [7, 11) is 0. The second-order valence-corrected chi connectivity index (χ2v) is 3.92. The fraction of sp³-hybridized carbons (Fsp3) is 0.500. The lowest BCUT2D eigenvalue weighted by Gasteiger charge is -2.01. The van der Waals surface area contributed by atoms with Gasteiger partial charge in [0, 0.05) is 0 Å². The first kappa shape index (κ1) is 12.0. The van der Waals surface area contributed by atoms with Crippen molar-refractivity contribution in [3.63, 3.8) is 0 Å². The molecule has 0 aromatic carbocycles. The molecule has 0 fully saturated rings. The first-order valence-electron chi connectivity index (χ1n) is 5.80. The minimum absolute atomic E-state index is 0.226. The molecule has 1 heteroatoms. The van der Waals surface area contributed by atoms with Gasteiger partial charge in [0.1, 0.15) is 0 Å². The van der Waals surface area contributed by atoms with Crippen LogP contribution in [0.25, 0.3) is 0 Å². The molecule has 0 aliphatic heterocycles. The van der Waals surface area contributed by atoms with Crippen molar-refractivity contribution in [2.24, 2.45) is 0 Å². The van der Waals surface area contributed by atoms with Crippen LogP contribution in [-0.2, 0) is 4.79 Å². The summed E-state index contributed by atoms with van der Waals surface area (Å²) in [6.07, 6.45) is 17.1. The summed E-state index contributed by atoms with van der Waals surface area (Å²) in [5.74, 6) is 0.226. The molecule has 0 unspecified atom stereocenters. The van der Waals surface area contributed by atoms with E-state index in [4.69, 9.17) is 0 Å². The Morgan fingerprint density at radius 2 is 1.47 bits per heavy atom. The molecule has 0 aromatic rings. The fourth-order valence-corrected chi connectivity index (χ4v) is 1.68. The number of carbonyl (C=O) groups is 1. The van der Waals surface area contributed by atoms with E-state index >= 15 is 0 Å². The summed E-state index contributed by atoms with van der Waals surface area (Å²) >= 11 is 0. The van der Waals surface area contributed by atoms with Gasteiger partial charge in [0.05, 0.1) is 0 Å². The van der Waals surface area contributed by atoms with Gasteiger partial charge in [0.25, 0.3) is 0 Å². The van der Waals surface area contributed by atoms with Crippen LogP contribution in [0.1, 0.15) is 45.4 Å². The first-order valence-corrected chi connectivity index (χ1v) is 5.80. The zero-order valence-electron chi connectivity index (χ0n) is 9.54. The number of hydrogen-bond acceptors (Lipinski definition) is 1. The van der Waals surface area contributed by atoms with Crippen LogP contribution < -0.4 is 0 Å². The predicted molar refractivity (Wildman–Crippen MR) is 64.7 cm³/mol. The third-order valence-corrected chi connectivity index (χ3v) is 2.59. The van der Waals surface area contributed by atoms with Gasteiger partial charge < -0.3 is 0 Å². The van der Waals surface area contributed by atoms with E-state index in [1.54, 1.807) is 6.92 Å². The number of Topliss-reactive ketones (excluding diaryl/α,β-unsaturated/α-hetero) is 1. The third kappa shape index (κ3) is 5.36. The van der Waals surface area contributed by atoms with Crippen LogP contribution in [0, 0.1) is 0 Å². The van der Waals surface area contributed by atoms with Crippen LogP contribution >= 0.6 is 0 Å². The number of carbonyl (C=O) groups excluding carboxylic acids is 1. The Hall–Kier alpha value is -1.11. The highest BCUT2D eigenvalue weighted by Gasteiger charge is 2.01. The quantitative estimate of drug-likeness (QED) is 0.591. The number of hydrogen-bond donors (Lipinski definition) is 0. The Morgan fingerprint density at radius 1 is 0.933 bits per heavy atom. The first-order chi connectivity index (χ1) is 7.30. The minimum atomic E-state index is 0.226. The van der Waals surface area contributed by atoms with Crippen molar-refractivity contribution in [3.05, 3.63) is 36.0 Å². The standard InChI is InChI=1S/C14H20O/c1-13(15)14-11-9-7-5-3-2-4-6-8-10-12-14/h3,5-6,8,11H,2,4,7,9-10,12H2,1H3/b5-3-,8-6-,14-11-. The molecule has 1 nitrogen and oxygen atoms in total. The zero-order valence-corrected chi connectivity index (χ0v) is 9.54. The van der Waals surface area contributed by atoms with Gasteiger partial charge in [-0.3, -0.25) is 4.79 Å². The van der Waals surface area contributed by atoms with Crippen LogP contribution in [0.5, 0.6) is 0 Å². The van der Waals surface area contributed by atoms with Gasteiger partial charge in [-0.25, -0.2) is 0 Å². The topological polar surface area (TPSA) is 17.1 Å². The molecule has 0 saturated carbocycles. The summed E-state index contributed by atoms with van der Waals surface area (Å²) < 4.78 is 0. The van der Waals surface area contributed by atoms with Crippen molar-refractivity contribution in [1.29, 1.82) is 0 Å². The van der Waals surface area contributed by atoms with Gasteiger partial charge in [0.2, 0.25) is 0 Å². The SMILES string of the molecule is CC(=O)/C1=C\CC/C=C\CC/C=C\CC1. The number of allylic oxidation sites excluding steroid dienone is 6. The molecule has 0 saturated heterocycles. The maximum atomic E-state index is 11.3. The van der Waals surface area contributed by atoms with E-state index in [0.29, 0.717) is 0 Å². The molecular weight excluding hydrogens is 184 g/mol. The number of rotatable bonds is 1. The fourth-order valence-electron chi connectivity index (χ4n) is 1.68. The van der Waals surface area contributed by atoms with Crippen molar-refractivity contribution in [3.8, 4) is 0 Å². The van der Waals surface area contributed by atoms with Crippen LogP contribution in [0.4, 0.5) is 0 Å². The minimum Gasteiger partial charge on any atom is -0.295 e. The van der Waals surface area contributed by atoms with E-state index in [1.165, 1.54) is 0 Å². The lowest BCUT2D eigenvalue weighted by atomic mass is 10.0. The van der Waals surface area contributed by atoms with Gasteiger partial charge in [-0.15, -0.1) is 0 Å². The highest BCUT2D eigenvalue weighted by atomic mass is 16.1. The molecule has 1 aliphatic carbocycles. The van der Waals surface area contributed by atoms with Gasteiger partial charge in [0.15, 0.2) is 5.78 Å². The second kappa shape index (κ2) is 7.22. The van der Waals surface area contributed by atoms with Crippen LogP contribution in [0.3, 0.4) is 0 Å². The van der Waals surface area contributed by atoms with Gasteiger partial charge in [-0.2, -0.15) is 0 Å². The Bertz CT molecular complexity index is 282. The van der Waals surface area contributed by atoms with E-state index in [-0.39, 0.29) is 5.78 Å². The molecule has 0 heterocycles. The van der Waals surface area contributed by atoms with Gasteiger partial charge in [-0.05, 0) is 51.0 Å². The number of ketones is 1. The average Bonchev–Trinajstić information content (AvgIpc) is 2.18. The molecule has 0 atom stereocenters. The van der Waals surface area contributed by atoms with E-state index in [1.807, 2.05) is 0 Å². The summed E-state index contributed by atoms with van der Waals surface area (Å²) in [6, 6.07) is 0. The molecule has 0 amide bonds. The Balaban J connectivity index is 2.59. The molecule has 0 N–H and O–H groups in total. The Labute approximate surface area is 92.6 Å². The summed E-state index contributed by atoms with van der Waals surface area (Å²) in [6.45, 7) is 1.66. The zero-order chi connectivity index (χ0) is 10.9. The van der Waals surface area contributed by atoms with E-state index in [2.05, 4.69) is 30.4 Å². The lowest BCUT2D eigenvalue weighted by Crippen LogP contribution is -1.96. The van der Waals surface area contributed by atoms with E-state index in [0.717, 1.165) is 44.1 Å². The van der Waals surface area contributed by atoms with Crippen molar-refractivity contribution in [2.75, 3.05) is 0 Å². The molecule has 0 bridgehead atoms. The normalized spacial score (nSPS) is 26.6. The highest BCUT2D eigenvalue weighted by Crippen LogP contribution is 2.11. The van der Waals surface area contributed by atoms with Crippen LogP contribution in [0.15, 0.2) is 36.0 Å². The van der Waals surface area contributed by atoms with Crippen molar-refractivity contribution in [1.82, 2.24) is 0 Å². The maximum absolute atomic E-state index is 11.3. The van der Waals surface area contributed by atoms with Crippen molar-refractivity contribution < 1.29 is 4.79 Å². The second-order valence-electron chi connectivity index (χ2n) is 3.92. The van der Waals surface area contributed by atoms with E-state index in [9.17, 15) is 4.79 Å². The van der Waals surface area contributed by atoms with Crippen molar-refractivity contribution in [2.45, 2.75) is 45.4 Å². The molecule has 1 rings (SSSR count). The molecule has 82 valence electrons. The van der Waals surface area contributed by atoms with Crippen LogP contribution in [-0.4, -0.2) is 5.78 Å². The van der Waals surface area contributed by atoms with E-state index < -0.39 is 0 Å². The smallest absolute Gasteiger partial charge is 0.155 e. The summed E-state index contributed by atoms with van der Waals surface area (Å²) in [5, 5.41) is 0. The summed E-state index contributed by atoms with van der Waals surface area (Å²) in [5.41, 5.74) is 0.994. The molecule has 0 radical (unpaired) electrons. The average molecular weight is 204 g/mol. The maximum Gasteiger partial charge on any atom is 0.155 e. The largest absolute Gasteiger partial charge is 0.295 e. The monoisotopic (exact) mass is 204 g/mol. The van der Waals surface area contributed by atoms with Crippen molar-refractivity contribution >= 4 is 5.78 Å². The molecule has 0 aromatic heterocycles. The van der Waals surface area contributed by atoms with Gasteiger partial charge in [-0.1, -0.05) is 30.4 Å². The third-order valence-electron chi connectivity index (χ3n) is 2.59. The highest BCUT2D eigenvalue weighted by molar-refractivity contribution is 5.93.